The summed E-state index contributed by atoms with van der Waals surface area (Å²) >= 11 is 1.74. The number of nitrogens with one attached hydrogen (secondary N) is 1. The average molecular weight is 191 g/mol. The van der Waals surface area contributed by atoms with Crippen molar-refractivity contribution < 1.29 is 9.53 Å². The molecular weight excluding hydrogens is 174 g/mol. The minimum absolute atomic E-state index is 0.178. The molecule has 0 rings (SSSR count). The van der Waals surface area contributed by atoms with Crippen molar-refractivity contribution >= 4 is 17.7 Å². The van der Waals surface area contributed by atoms with E-state index in [1.165, 1.54) is 7.11 Å². The lowest BCUT2D eigenvalue weighted by molar-refractivity contribution is -0.142. The predicted octanol–water partition coefficient (Wildman–Crippen LogP) is 0.889. The second kappa shape index (κ2) is 6.31. The molecule has 0 aliphatic carbocycles. The summed E-state index contributed by atoms with van der Waals surface area (Å²) in [4.78, 5) is 11.1. The topological polar surface area (TPSA) is 38.3 Å². The zero-order chi connectivity index (χ0) is 9.56. The van der Waals surface area contributed by atoms with E-state index in [-0.39, 0.29) is 12.0 Å². The Kier molecular flexibility index (Phi) is 6.20. The number of carbonyl (C=O) groups excluding carboxylic acids is 1. The van der Waals surface area contributed by atoms with E-state index < -0.39 is 0 Å². The van der Waals surface area contributed by atoms with Crippen LogP contribution in [0.15, 0.2) is 0 Å². The third-order valence-corrected chi connectivity index (χ3v) is 2.62. The van der Waals surface area contributed by atoms with Gasteiger partial charge in [0.25, 0.3) is 0 Å². The average Bonchev–Trinajstić information content (AvgIpc) is 2.04. The molecule has 0 bridgehead atoms. The summed E-state index contributed by atoms with van der Waals surface area (Å²) in [5.41, 5.74) is 0. The van der Waals surface area contributed by atoms with Gasteiger partial charge in [-0.3, -0.25) is 4.79 Å². The van der Waals surface area contributed by atoms with E-state index in [9.17, 15) is 4.79 Å². The van der Waals surface area contributed by atoms with Crippen LogP contribution in [0.1, 0.15) is 13.8 Å². The van der Waals surface area contributed by atoms with Crippen LogP contribution in [0.25, 0.3) is 0 Å². The quantitative estimate of drug-likeness (QED) is 0.655. The zero-order valence-corrected chi connectivity index (χ0v) is 8.90. The van der Waals surface area contributed by atoms with Gasteiger partial charge in [-0.2, -0.15) is 11.8 Å². The molecule has 0 aromatic carbocycles. The number of rotatable bonds is 5. The maximum atomic E-state index is 11.1. The van der Waals surface area contributed by atoms with Crippen molar-refractivity contribution in [3.63, 3.8) is 0 Å². The summed E-state index contributed by atoms with van der Waals surface area (Å²) in [6.07, 6.45) is 0. The molecule has 1 N–H and O–H groups in total. The summed E-state index contributed by atoms with van der Waals surface area (Å²) in [5.74, 6) is 0.576. The number of esters is 1. The summed E-state index contributed by atoms with van der Waals surface area (Å²) in [6, 6.07) is -0.178. The highest BCUT2D eigenvalue weighted by atomic mass is 32.2. The lowest BCUT2D eigenvalue weighted by Gasteiger charge is -2.14. The number of methoxy groups -OCH3 is 1. The number of carbonyl (C=O) groups is 1. The zero-order valence-electron chi connectivity index (χ0n) is 8.09. The molecule has 0 aliphatic heterocycles. The van der Waals surface area contributed by atoms with Gasteiger partial charge in [0, 0.05) is 5.75 Å². The maximum Gasteiger partial charge on any atom is 0.323 e. The molecule has 0 radical (unpaired) electrons. The van der Waals surface area contributed by atoms with Gasteiger partial charge in [-0.25, -0.2) is 0 Å². The van der Waals surface area contributed by atoms with Gasteiger partial charge in [0.15, 0.2) is 0 Å². The minimum atomic E-state index is -0.189. The second-order valence-corrected chi connectivity index (χ2v) is 4.36. The van der Waals surface area contributed by atoms with Gasteiger partial charge in [-0.15, -0.1) is 0 Å². The van der Waals surface area contributed by atoms with Crippen LogP contribution in [0.4, 0.5) is 0 Å². The Morgan fingerprint density at radius 2 is 2.17 bits per heavy atom. The van der Waals surface area contributed by atoms with Gasteiger partial charge >= 0.3 is 5.97 Å². The minimum Gasteiger partial charge on any atom is -0.468 e. The van der Waals surface area contributed by atoms with Crippen LogP contribution in [-0.4, -0.2) is 37.2 Å². The summed E-state index contributed by atoms with van der Waals surface area (Å²) < 4.78 is 4.62. The Hall–Kier alpha value is -0.220. The highest BCUT2D eigenvalue weighted by molar-refractivity contribution is 7.99. The highest BCUT2D eigenvalue weighted by Crippen LogP contribution is 2.10. The smallest absolute Gasteiger partial charge is 0.323 e. The molecule has 1 unspecified atom stereocenters. The van der Waals surface area contributed by atoms with Gasteiger partial charge in [-0.05, 0) is 12.3 Å². The predicted molar refractivity (Wildman–Crippen MR) is 52.5 cm³/mol. The van der Waals surface area contributed by atoms with Crippen molar-refractivity contribution in [2.45, 2.75) is 25.1 Å². The van der Waals surface area contributed by atoms with Crippen LogP contribution in [0, 0.1) is 0 Å². The van der Waals surface area contributed by atoms with Crippen LogP contribution in [0.3, 0.4) is 0 Å². The van der Waals surface area contributed by atoms with Crippen LogP contribution >= 0.6 is 11.8 Å². The Morgan fingerprint density at radius 1 is 1.58 bits per heavy atom. The number of hydrogen-bond donors (Lipinski definition) is 1. The number of hydrogen-bond acceptors (Lipinski definition) is 4. The largest absolute Gasteiger partial charge is 0.468 e. The van der Waals surface area contributed by atoms with Crippen LogP contribution in [0.5, 0.6) is 0 Å². The van der Waals surface area contributed by atoms with Gasteiger partial charge < -0.3 is 10.1 Å². The summed E-state index contributed by atoms with van der Waals surface area (Å²) in [7, 11) is 3.18. The summed E-state index contributed by atoms with van der Waals surface area (Å²) in [5, 5.41) is 3.46. The van der Waals surface area contributed by atoms with E-state index >= 15 is 0 Å². The molecule has 1 atom stereocenters. The van der Waals surface area contributed by atoms with Crippen LogP contribution < -0.4 is 5.32 Å². The van der Waals surface area contributed by atoms with Crippen LogP contribution in [0.2, 0.25) is 0 Å². The van der Waals surface area contributed by atoms with Crippen LogP contribution in [-0.2, 0) is 9.53 Å². The van der Waals surface area contributed by atoms with Crippen molar-refractivity contribution in [3.8, 4) is 0 Å². The third-order valence-electron chi connectivity index (χ3n) is 1.43. The molecular formula is C8H17NO2S. The normalized spacial score (nSPS) is 13.1. The lowest BCUT2D eigenvalue weighted by atomic mass is 10.3. The molecule has 0 aliphatic rings. The molecule has 0 fully saturated rings. The molecule has 0 aromatic heterocycles. The molecule has 0 spiro atoms. The highest BCUT2D eigenvalue weighted by Gasteiger charge is 2.16. The molecule has 72 valence electrons. The number of thioether (sulfide) groups is 1. The monoisotopic (exact) mass is 191 g/mol. The Bertz CT molecular complexity index is 139. The molecule has 0 saturated heterocycles. The van der Waals surface area contributed by atoms with Crippen molar-refractivity contribution in [2.24, 2.45) is 0 Å². The van der Waals surface area contributed by atoms with Crippen molar-refractivity contribution in [3.05, 3.63) is 0 Å². The van der Waals surface area contributed by atoms with E-state index in [2.05, 4.69) is 23.9 Å². The molecule has 12 heavy (non-hydrogen) atoms. The summed E-state index contributed by atoms with van der Waals surface area (Å²) in [6.45, 7) is 4.21. The number of likely N-dealkylation sites (N-methyl/N-ethyl adjacent to an activating group) is 1. The first kappa shape index (κ1) is 11.8. The standard InChI is InChI=1S/C8H17NO2S/c1-6(2)12-5-7(9-3)8(10)11-4/h6-7,9H,5H2,1-4H3. The Balaban J connectivity index is 3.75. The molecule has 0 heterocycles. The van der Waals surface area contributed by atoms with Gasteiger partial charge in [0.05, 0.1) is 7.11 Å². The van der Waals surface area contributed by atoms with Crippen molar-refractivity contribution in [2.75, 3.05) is 19.9 Å². The van der Waals surface area contributed by atoms with Gasteiger partial charge in [0.2, 0.25) is 0 Å². The van der Waals surface area contributed by atoms with E-state index in [0.717, 1.165) is 5.75 Å². The second-order valence-electron chi connectivity index (χ2n) is 2.75. The number of ether oxygens (including phenoxy) is 1. The molecule has 0 aromatic rings. The first-order valence-corrected chi connectivity index (χ1v) is 5.03. The van der Waals surface area contributed by atoms with Gasteiger partial charge in [-0.1, -0.05) is 13.8 Å². The molecule has 3 nitrogen and oxygen atoms in total. The molecule has 0 amide bonds. The fourth-order valence-electron chi connectivity index (χ4n) is 0.700. The van der Waals surface area contributed by atoms with Gasteiger partial charge in [0.1, 0.15) is 6.04 Å². The molecule has 4 heteroatoms. The van der Waals surface area contributed by atoms with E-state index in [1.54, 1.807) is 18.8 Å². The maximum absolute atomic E-state index is 11.1. The lowest BCUT2D eigenvalue weighted by Crippen LogP contribution is -2.37. The fraction of sp³-hybridized carbons (Fsp3) is 0.875. The Morgan fingerprint density at radius 3 is 2.50 bits per heavy atom. The van der Waals surface area contributed by atoms with E-state index in [4.69, 9.17) is 0 Å². The first-order chi connectivity index (χ1) is 5.61. The third kappa shape index (κ3) is 4.62. The van der Waals surface area contributed by atoms with Crippen molar-refractivity contribution in [1.29, 1.82) is 0 Å². The first-order valence-electron chi connectivity index (χ1n) is 3.98. The van der Waals surface area contributed by atoms with Crippen molar-refractivity contribution in [1.82, 2.24) is 5.32 Å². The fourth-order valence-corrected chi connectivity index (χ4v) is 1.58. The SMILES string of the molecule is CNC(CSC(C)C)C(=O)OC. The van der Waals surface area contributed by atoms with E-state index in [0.29, 0.717) is 5.25 Å². The van der Waals surface area contributed by atoms with E-state index in [1.807, 2.05) is 0 Å². The molecule has 0 saturated carbocycles. The Labute approximate surface area is 78.2 Å².